The van der Waals surface area contributed by atoms with Crippen molar-refractivity contribution in [3.05, 3.63) is 66.4 Å². The van der Waals surface area contributed by atoms with E-state index in [-0.39, 0.29) is 0 Å². The molecule has 0 bridgehead atoms. The number of nitriles is 1. The lowest BCUT2D eigenvalue weighted by molar-refractivity contribution is 0.487. The standard InChI is InChI=1S/C17H12N2O/c18-12-11-14-10-9-13-5-4-8-16(17(13)19-14)20-15-6-2-1-3-7-15/h1-10H,11H2. The maximum Gasteiger partial charge on any atom is 0.153 e. The zero-order valence-electron chi connectivity index (χ0n) is 10.8. The molecule has 3 rings (SSSR count). The van der Waals surface area contributed by atoms with Crippen LogP contribution in [0.1, 0.15) is 5.69 Å². The zero-order chi connectivity index (χ0) is 13.8. The molecule has 0 fully saturated rings. The first-order chi connectivity index (χ1) is 9.86. The minimum atomic E-state index is 0.301. The Morgan fingerprint density at radius 2 is 1.80 bits per heavy atom. The van der Waals surface area contributed by atoms with Crippen LogP contribution in [0.5, 0.6) is 11.5 Å². The van der Waals surface area contributed by atoms with Gasteiger partial charge in [0.05, 0.1) is 18.2 Å². The lowest BCUT2D eigenvalue weighted by Crippen LogP contribution is -1.92. The Labute approximate surface area is 117 Å². The van der Waals surface area contributed by atoms with Gasteiger partial charge in [-0.15, -0.1) is 0 Å². The van der Waals surface area contributed by atoms with Crippen LogP contribution in [0.15, 0.2) is 60.7 Å². The summed E-state index contributed by atoms with van der Waals surface area (Å²) in [5.41, 5.74) is 1.54. The number of pyridine rings is 1. The molecule has 0 aliphatic heterocycles. The number of aromatic nitrogens is 1. The Hall–Kier alpha value is -2.86. The van der Waals surface area contributed by atoms with E-state index in [9.17, 15) is 0 Å². The second kappa shape index (κ2) is 5.41. The molecule has 0 unspecified atom stereocenters. The Bertz CT molecular complexity index is 776. The highest BCUT2D eigenvalue weighted by atomic mass is 16.5. The van der Waals surface area contributed by atoms with E-state index in [4.69, 9.17) is 10.00 Å². The van der Waals surface area contributed by atoms with Gasteiger partial charge in [-0.3, -0.25) is 0 Å². The van der Waals surface area contributed by atoms with Gasteiger partial charge in [0, 0.05) is 5.39 Å². The van der Waals surface area contributed by atoms with Crippen LogP contribution in [0.3, 0.4) is 0 Å². The molecule has 20 heavy (non-hydrogen) atoms. The number of hydrogen-bond acceptors (Lipinski definition) is 3. The molecule has 2 aromatic carbocycles. The van der Waals surface area contributed by atoms with E-state index in [1.165, 1.54) is 0 Å². The molecule has 0 saturated carbocycles. The molecule has 0 N–H and O–H groups in total. The molecule has 0 amide bonds. The third-order valence-electron chi connectivity index (χ3n) is 2.97. The monoisotopic (exact) mass is 260 g/mol. The van der Waals surface area contributed by atoms with Gasteiger partial charge in [-0.2, -0.15) is 5.26 Å². The van der Waals surface area contributed by atoms with Crippen molar-refractivity contribution in [2.45, 2.75) is 6.42 Å². The fourth-order valence-electron chi connectivity index (χ4n) is 2.04. The molecule has 0 saturated heterocycles. The molecular weight excluding hydrogens is 248 g/mol. The summed E-state index contributed by atoms with van der Waals surface area (Å²) >= 11 is 0. The van der Waals surface area contributed by atoms with Crippen LogP contribution in [0.25, 0.3) is 10.9 Å². The highest BCUT2D eigenvalue weighted by molar-refractivity contribution is 5.84. The molecule has 1 aromatic heterocycles. The summed E-state index contributed by atoms with van der Waals surface area (Å²) in [4.78, 5) is 4.51. The van der Waals surface area contributed by atoms with Gasteiger partial charge in [-0.05, 0) is 24.3 Å². The van der Waals surface area contributed by atoms with Gasteiger partial charge in [0.2, 0.25) is 0 Å². The quantitative estimate of drug-likeness (QED) is 0.712. The van der Waals surface area contributed by atoms with E-state index in [2.05, 4.69) is 11.1 Å². The molecule has 0 aliphatic rings. The summed E-state index contributed by atoms with van der Waals surface area (Å²) in [5.74, 6) is 1.47. The van der Waals surface area contributed by atoms with Crippen molar-refractivity contribution in [2.24, 2.45) is 0 Å². The SMILES string of the molecule is N#CCc1ccc2cccc(Oc3ccccc3)c2n1. The second-order valence-corrected chi connectivity index (χ2v) is 4.38. The first-order valence-electron chi connectivity index (χ1n) is 6.35. The first kappa shape index (κ1) is 12.2. The van der Waals surface area contributed by atoms with Crippen molar-refractivity contribution in [1.82, 2.24) is 4.98 Å². The van der Waals surface area contributed by atoms with Crippen molar-refractivity contribution in [1.29, 1.82) is 5.26 Å². The molecule has 3 heteroatoms. The van der Waals surface area contributed by atoms with Gasteiger partial charge in [-0.25, -0.2) is 4.98 Å². The van der Waals surface area contributed by atoms with Crippen LogP contribution in [-0.2, 0) is 6.42 Å². The minimum absolute atomic E-state index is 0.301. The first-order valence-corrected chi connectivity index (χ1v) is 6.35. The molecule has 3 aromatic rings. The number of benzene rings is 2. The fraction of sp³-hybridized carbons (Fsp3) is 0.0588. The van der Waals surface area contributed by atoms with Crippen LogP contribution in [-0.4, -0.2) is 4.98 Å². The van der Waals surface area contributed by atoms with Crippen LogP contribution in [0, 0.1) is 11.3 Å². The Kier molecular flexibility index (Phi) is 3.30. The number of nitrogens with zero attached hydrogens (tertiary/aromatic N) is 2. The molecular formula is C17H12N2O. The van der Waals surface area contributed by atoms with Crippen molar-refractivity contribution in [3.8, 4) is 17.6 Å². The second-order valence-electron chi connectivity index (χ2n) is 4.38. The van der Waals surface area contributed by atoms with Gasteiger partial charge < -0.3 is 4.74 Å². The van der Waals surface area contributed by atoms with E-state index in [0.717, 1.165) is 22.3 Å². The third kappa shape index (κ3) is 2.45. The normalized spacial score (nSPS) is 10.2. The summed E-state index contributed by atoms with van der Waals surface area (Å²) in [7, 11) is 0. The number of para-hydroxylation sites is 2. The number of fused-ring (bicyclic) bond motifs is 1. The Morgan fingerprint density at radius 3 is 2.60 bits per heavy atom. The van der Waals surface area contributed by atoms with E-state index >= 15 is 0 Å². The van der Waals surface area contributed by atoms with Gasteiger partial charge in [-0.1, -0.05) is 36.4 Å². The van der Waals surface area contributed by atoms with Crippen molar-refractivity contribution < 1.29 is 4.74 Å². The lowest BCUT2D eigenvalue weighted by atomic mass is 10.1. The predicted molar refractivity (Wildman–Crippen MR) is 77.6 cm³/mol. The molecule has 0 aliphatic carbocycles. The van der Waals surface area contributed by atoms with Crippen LogP contribution in [0.2, 0.25) is 0 Å². The topological polar surface area (TPSA) is 45.9 Å². The fourth-order valence-corrected chi connectivity index (χ4v) is 2.04. The summed E-state index contributed by atoms with van der Waals surface area (Å²) in [5, 5.41) is 9.78. The van der Waals surface area contributed by atoms with Crippen LogP contribution < -0.4 is 4.74 Å². The maximum absolute atomic E-state index is 8.78. The van der Waals surface area contributed by atoms with Crippen LogP contribution >= 0.6 is 0 Å². The number of hydrogen-bond donors (Lipinski definition) is 0. The van der Waals surface area contributed by atoms with E-state index in [1.54, 1.807) is 0 Å². The third-order valence-corrected chi connectivity index (χ3v) is 2.97. The minimum Gasteiger partial charge on any atom is -0.455 e. The van der Waals surface area contributed by atoms with Gasteiger partial charge in [0.15, 0.2) is 5.75 Å². The average molecular weight is 260 g/mol. The van der Waals surface area contributed by atoms with Gasteiger partial charge in [0.1, 0.15) is 11.3 Å². The molecule has 0 spiro atoms. The number of rotatable bonds is 3. The van der Waals surface area contributed by atoms with E-state index in [0.29, 0.717) is 12.2 Å². The molecule has 0 radical (unpaired) electrons. The number of ether oxygens (including phenoxy) is 1. The lowest BCUT2D eigenvalue weighted by Gasteiger charge is -2.08. The highest BCUT2D eigenvalue weighted by Gasteiger charge is 2.06. The Balaban J connectivity index is 2.06. The summed E-state index contributed by atoms with van der Waals surface area (Å²) in [6.07, 6.45) is 0.301. The predicted octanol–water partition coefficient (Wildman–Crippen LogP) is 4.09. The van der Waals surface area contributed by atoms with Crippen molar-refractivity contribution in [3.63, 3.8) is 0 Å². The summed E-state index contributed by atoms with van der Waals surface area (Å²) in [6, 6.07) is 21.4. The van der Waals surface area contributed by atoms with Gasteiger partial charge >= 0.3 is 0 Å². The van der Waals surface area contributed by atoms with Crippen LogP contribution in [0.4, 0.5) is 0 Å². The van der Waals surface area contributed by atoms with E-state index in [1.807, 2.05) is 60.7 Å². The summed E-state index contributed by atoms with van der Waals surface area (Å²) in [6.45, 7) is 0. The average Bonchev–Trinajstić information content (AvgIpc) is 2.49. The maximum atomic E-state index is 8.78. The van der Waals surface area contributed by atoms with Gasteiger partial charge in [0.25, 0.3) is 0 Å². The molecule has 1 heterocycles. The van der Waals surface area contributed by atoms with E-state index < -0.39 is 0 Å². The van der Waals surface area contributed by atoms with Crippen molar-refractivity contribution in [2.75, 3.05) is 0 Å². The largest absolute Gasteiger partial charge is 0.455 e. The Morgan fingerprint density at radius 1 is 0.950 bits per heavy atom. The summed E-state index contributed by atoms with van der Waals surface area (Å²) < 4.78 is 5.88. The zero-order valence-corrected chi connectivity index (χ0v) is 10.8. The van der Waals surface area contributed by atoms with Crippen molar-refractivity contribution >= 4 is 10.9 Å². The highest BCUT2D eigenvalue weighted by Crippen LogP contribution is 2.28. The molecule has 3 nitrogen and oxygen atoms in total. The smallest absolute Gasteiger partial charge is 0.153 e. The molecule has 96 valence electrons. The molecule has 0 atom stereocenters.